The van der Waals surface area contributed by atoms with Gasteiger partial charge in [0.25, 0.3) is 0 Å². The fourth-order valence-electron chi connectivity index (χ4n) is 1.67. The average Bonchev–Trinajstić information content (AvgIpc) is 2.15. The highest BCUT2D eigenvalue weighted by Crippen LogP contribution is 2.27. The molecule has 1 fully saturated rings. The molecular weight excluding hydrogens is 174 g/mol. The van der Waals surface area contributed by atoms with E-state index < -0.39 is 0 Å². The molecule has 0 atom stereocenters. The van der Waals surface area contributed by atoms with Crippen molar-refractivity contribution >= 4 is 5.78 Å². The molecule has 0 aromatic carbocycles. The minimum Gasteiger partial charge on any atom is -0.383 e. The number of rotatable bonds is 3. The number of carbonyl (C=O) groups excluding carboxylic acids is 1. The second-order valence-corrected chi connectivity index (χ2v) is 4.21. The Hall–Kier alpha value is -1.05. The van der Waals surface area contributed by atoms with Crippen LogP contribution in [-0.2, 0) is 4.79 Å². The van der Waals surface area contributed by atoms with E-state index in [0.717, 1.165) is 25.7 Å². The van der Waals surface area contributed by atoms with Crippen LogP contribution in [0.15, 0.2) is 24.4 Å². The van der Waals surface area contributed by atoms with Crippen LogP contribution < -0.4 is 0 Å². The van der Waals surface area contributed by atoms with Gasteiger partial charge in [-0.25, -0.2) is 0 Å². The van der Waals surface area contributed by atoms with Crippen LogP contribution in [0.3, 0.4) is 0 Å². The number of carbonyl (C=O) groups is 1. The Kier molecular flexibility index (Phi) is 3.93. The average molecular weight is 193 g/mol. The first kappa shape index (κ1) is 11.0. The van der Waals surface area contributed by atoms with E-state index in [1.165, 1.54) is 5.57 Å². The molecule has 1 saturated carbocycles. The van der Waals surface area contributed by atoms with Crippen molar-refractivity contribution in [1.82, 2.24) is 4.90 Å². The molecule has 0 N–H and O–H groups in total. The van der Waals surface area contributed by atoms with Crippen molar-refractivity contribution < 1.29 is 4.79 Å². The van der Waals surface area contributed by atoms with Crippen LogP contribution in [0.4, 0.5) is 0 Å². The molecule has 0 aromatic heterocycles. The van der Waals surface area contributed by atoms with Crippen molar-refractivity contribution in [3.05, 3.63) is 24.4 Å². The second kappa shape index (κ2) is 4.99. The van der Waals surface area contributed by atoms with Gasteiger partial charge in [-0.1, -0.05) is 12.2 Å². The Labute approximate surface area is 86.3 Å². The Morgan fingerprint density at radius 3 is 2.50 bits per heavy atom. The molecule has 1 aliphatic rings. The van der Waals surface area contributed by atoms with Gasteiger partial charge in [0.05, 0.1) is 0 Å². The number of hydrogen-bond acceptors (Lipinski definition) is 2. The summed E-state index contributed by atoms with van der Waals surface area (Å²) < 4.78 is 0. The van der Waals surface area contributed by atoms with Crippen LogP contribution in [0.5, 0.6) is 0 Å². The minimum atomic E-state index is 0.233. The monoisotopic (exact) mass is 193 g/mol. The Morgan fingerprint density at radius 2 is 2.00 bits per heavy atom. The van der Waals surface area contributed by atoms with E-state index in [1.54, 1.807) is 6.08 Å². The molecule has 0 unspecified atom stereocenters. The summed E-state index contributed by atoms with van der Waals surface area (Å²) in [6, 6.07) is 0. The highest BCUT2D eigenvalue weighted by molar-refractivity contribution is 5.91. The number of hydrogen-bond donors (Lipinski definition) is 0. The van der Waals surface area contributed by atoms with Crippen molar-refractivity contribution in [2.75, 3.05) is 14.1 Å². The third kappa shape index (κ3) is 3.36. The van der Waals surface area contributed by atoms with E-state index in [-0.39, 0.29) is 11.7 Å². The van der Waals surface area contributed by atoms with Crippen LogP contribution in [0.2, 0.25) is 0 Å². The molecule has 1 rings (SSSR count). The zero-order valence-electron chi connectivity index (χ0n) is 9.12. The molecule has 2 nitrogen and oxygen atoms in total. The summed E-state index contributed by atoms with van der Waals surface area (Å²) in [5, 5.41) is 0. The summed E-state index contributed by atoms with van der Waals surface area (Å²) in [5.74, 6) is 0.503. The topological polar surface area (TPSA) is 20.3 Å². The highest BCUT2D eigenvalue weighted by Gasteiger charge is 2.20. The SMILES string of the molecule is C=C1CCC(C(=O)/C=C/N(C)C)CC1. The molecular formula is C12H19NO. The van der Waals surface area contributed by atoms with Crippen LogP contribution in [0.1, 0.15) is 25.7 Å². The van der Waals surface area contributed by atoms with Crippen molar-refractivity contribution in [2.45, 2.75) is 25.7 Å². The highest BCUT2D eigenvalue weighted by atomic mass is 16.1. The van der Waals surface area contributed by atoms with Crippen molar-refractivity contribution in [3.63, 3.8) is 0 Å². The maximum atomic E-state index is 11.7. The summed E-state index contributed by atoms with van der Waals surface area (Å²) in [5.41, 5.74) is 1.30. The van der Waals surface area contributed by atoms with E-state index in [4.69, 9.17) is 0 Å². The summed E-state index contributed by atoms with van der Waals surface area (Å²) in [7, 11) is 3.85. The van der Waals surface area contributed by atoms with Gasteiger partial charge in [-0.15, -0.1) is 0 Å². The number of ketones is 1. The van der Waals surface area contributed by atoms with E-state index >= 15 is 0 Å². The molecule has 2 heteroatoms. The third-order valence-corrected chi connectivity index (χ3v) is 2.63. The molecule has 0 saturated heterocycles. The number of allylic oxidation sites excluding steroid dienone is 2. The molecule has 14 heavy (non-hydrogen) atoms. The molecule has 78 valence electrons. The first-order chi connectivity index (χ1) is 6.59. The van der Waals surface area contributed by atoms with Crippen molar-refractivity contribution in [1.29, 1.82) is 0 Å². The fraction of sp³-hybridized carbons (Fsp3) is 0.583. The maximum Gasteiger partial charge on any atom is 0.160 e. The molecule has 0 spiro atoms. The summed E-state index contributed by atoms with van der Waals surface area (Å²) in [6.07, 6.45) is 7.52. The van der Waals surface area contributed by atoms with E-state index in [9.17, 15) is 4.79 Å². The molecule has 0 aromatic rings. The van der Waals surface area contributed by atoms with E-state index in [1.807, 2.05) is 25.2 Å². The summed E-state index contributed by atoms with van der Waals surface area (Å²) in [4.78, 5) is 13.6. The van der Waals surface area contributed by atoms with Crippen molar-refractivity contribution in [2.24, 2.45) is 5.92 Å². The molecule has 0 aliphatic heterocycles. The Balaban J connectivity index is 2.42. The van der Waals surface area contributed by atoms with Crippen LogP contribution in [-0.4, -0.2) is 24.8 Å². The van der Waals surface area contributed by atoms with Crippen LogP contribution in [0, 0.1) is 5.92 Å². The lowest BCUT2D eigenvalue weighted by Crippen LogP contribution is -2.17. The Bertz CT molecular complexity index is 243. The minimum absolute atomic E-state index is 0.233. The Morgan fingerprint density at radius 1 is 1.43 bits per heavy atom. The van der Waals surface area contributed by atoms with Crippen LogP contribution in [0.25, 0.3) is 0 Å². The fourth-order valence-corrected chi connectivity index (χ4v) is 1.67. The smallest absolute Gasteiger partial charge is 0.160 e. The molecule has 1 aliphatic carbocycles. The molecule has 0 heterocycles. The van der Waals surface area contributed by atoms with Gasteiger partial charge in [0, 0.05) is 26.2 Å². The normalized spacial score (nSPS) is 18.9. The van der Waals surface area contributed by atoms with Gasteiger partial charge >= 0.3 is 0 Å². The summed E-state index contributed by atoms with van der Waals surface area (Å²) >= 11 is 0. The largest absolute Gasteiger partial charge is 0.383 e. The molecule has 0 radical (unpaired) electrons. The zero-order valence-corrected chi connectivity index (χ0v) is 9.12. The van der Waals surface area contributed by atoms with Gasteiger partial charge in [-0.05, 0) is 31.8 Å². The van der Waals surface area contributed by atoms with E-state index in [0.29, 0.717) is 0 Å². The first-order valence-corrected chi connectivity index (χ1v) is 5.14. The second-order valence-electron chi connectivity index (χ2n) is 4.21. The molecule has 0 bridgehead atoms. The van der Waals surface area contributed by atoms with Gasteiger partial charge in [-0.3, -0.25) is 4.79 Å². The lowest BCUT2D eigenvalue weighted by Gasteiger charge is -2.20. The standard InChI is InChI=1S/C12H19NO/c1-10-4-6-11(7-5-10)12(14)8-9-13(2)3/h8-9,11H,1,4-7H2,2-3H3/b9-8+. The summed E-state index contributed by atoms with van der Waals surface area (Å²) in [6.45, 7) is 3.94. The van der Waals surface area contributed by atoms with Gasteiger partial charge in [0.2, 0.25) is 0 Å². The zero-order chi connectivity index (χ0) is 10.6. The number of nitrogens with zero attached hydrogens (tertiary/aromatic N) is 1. The van der Waals surface area contributed by atoms with Gasteiger partial charge in [0.1, 0.15) is 0 Å². The van der Waals surface area contributed by atoms with E-state index in [2.05, 4.69) is 6.58 Å². The lowest BCUT2D eigenvalue weighted by atomic mass is 9.84. The lowest BCUT2D eigenvalue weighted by molar-refractivity contribution is -0.118. The first-order valence-electron chi connectivity index (χ1n) is 5.14. The van der Waals surface area contributed by atoms with Gasteiger partial charge in [0.15, 0.2) is 5.78 Å². The predicted octanol–water partition coefficient (Wildman–Crippen LogP) is 2.38. The van der Waals surface area contributed by atoms with Gasteiger partial charge in [-0.2, -0.15) is 0 Å². The quantitative estimate of drug-likeness (QED) is 0.506. The van der Waals surface area contributed by atoms with Crippen LogP contribution >= 0.6 is 0 Å². The molecule has 0 amide bonds. The third-order valence-electron chi connectivity index (χ3n) is 2.63. The van der Waals surface area contributed by atoms with Crippen molar-refractivity contribution in [3.8, 4) is 0 Å². The maximum absolute atomic E-state index is 11.7. The predicted molar refractivity (Wildman–Crippen MR) is 58.9 cm³/mol. The van der Waals surface area contributed by atoms with Gasteiger partial charge < -0.3 is 4.90 Å².